The van der Waals surface area contributed by atoms with Gasteiger partial charge in [0, 0.05) is 113 Å². The summed E-state index contributed by atoms with van der Waals surface area (Å²) in [5.74, 6) is 1.02. The maximum atomic E-state index is 12.3. The Labute approximate surface area is 271 Å². The summed E-state index contributed by atoms with van der Waals surface area (Å²) in [6.45, 7) is 15.1. The number of likely N-dealkylation sites (tertiary alicyclic amines) is 1. The molecule has 3 saturated heterocycles. The van der Waals surface area contributed by atoms with Gasteiger partial charge < -0.3 is 28.7 Å². The lowest BCUT2D eigenvalue weighted by Gasteiger charge is -2.43. The molecular formula is C36H47N7O3. The lowest BCUT2D eigenvalue weighted by atomic mass is 10.0. The van der Waals surface area contributed by atoms with Crippen molar-refractivity contribution in [2.45, 2.75) is 51.4 Å². The molecule has 10 heteroatoms. The lowest BCUT2D eigenvalue weighted by Crippen LogP contribution is -2.55. The molecule has 1 amide bonds. The van der Waals surface area contributed by atoms with Gasteiger partial charge in [-0.2, -0.15) is 0 Å². The molecule has 0 unspecified atom stereocenters. The average Bonchev–Trinajstić information content (AvgIpc) is 3.33. The third-order valence-corrected chi connectivity index (χ3v) is 9.74. The fourth-order valence-corrected chi connectivity index (χ4v) is 6.99. The molecule has 7 rings (SSSR count). The van der Waals surface area contributed by atoms with Gasteiger partial charge >= 0.3 is 6.09 Å². The molecule has 0 N–H and O–H groups in total. The van der Waals surface area contributed by atoms with Gasteiger partial charge in [0.15, 0.2) is 0 Å². The van der Waals surface area contributed by atoms with E-state index in [9.17, 15) is 4.79 Å². The summed E-state index contributed by atoms with van der Waals surface area (Å²) in [6, 6.07) is 13.0. The maximum absolute atomic E-state index is 12.3. The number of fused-ring (bicyclic) bond motifs is 3. The number of hydrogen-bond donors (Lipinski definition) is 0. The van der Waals surface area contributed by atoms with Gasteiger partial charge in [-0.05, 0) is 63.4 Å². The second kappa shape index (κ2) is 12.8. The van der Waals surface area contributed by atoms with Crippen molar-refractivity contribution in [3.05, 3.63) is 55.0 Å². The number of ether oxygens (including phenoxy) is 2. The first kappa shape index (κ1) is 30.9. The van der Waals surface area contributed by atoms with E-state index in [0.29, 0.717) is 6.10 Å². The van der Waals surface area contributed by atoms with E-state index in [-0.39, 0.29) is 12.2 Å². The zero-order valence-electron chi connectivity index (χ0n) is 27.7. The number of pyridine rings is 2. The summed E-state index contributed by atoms with van der Waals surface area (Å²) in [7, 11) is 2.11. The first-order valence-corrected chi connectivity index (χ1v) is 16.8. The van der Waals surface area contributed by atoms with Crippen LogP contribution >= 0.6 is 0 Å². The van der Waals surface area contributed by atoms with Crippen molar-refractivity contribution in [3.8, 4) is 11.1 Å². The first-order chi connectivity index (χ1) is 22.2. The second-order valence-corrected chi connectivity index (χ2v) is 14.1. The van der Waals surface area contributed by atoms with Gasteiger partial charge in [-0.15, -0.1) is 0 Å². The zero-order valence-corrected chi connectivity index (χ0v) is 27.7. The zero-order chi connectivity index (χ0) is 31.8. The largest absolute Gasteiger partial charge is 0.444 e. The Kier molecular flexibility index (Phi) is 8.61. The number of piperidine rings is 1. The topological polar surface area (TPSA) is 79.2 Å². The highest BCUT2D eigenvalue weighted by molar-refractivity contribution is 6.08. The monoisotopic (exact) mass is 625 g/mol. The molecule has 0 spiro atoms. The van der Waals surface area contributed by atoms with Gasteiger partial charge in [-0.3, -0.25) is 9.88 Å². The minimum atomic E-state index is -0.444. The normalized spacial score (nSPS) is 19.2. The molecule has 3 fully saturated rings. The number of hydrogen-bond acceptors (Lipinski definition) is 8. The molecule has 10 nitrogen and oxygen atoms in total. The molecule has 6 heterocycles. The Hall–Kier alpha value is -3.73. The minimum Gasteiger partial charge on any atom is -0.444 e. The molecule has 0 aliphatic carbocycles. The van der Waals surface area contributed by atoms with Crippen molar-refractivity contribution in [1.29, 1.82) is 0 Å². The number of piperazine rings is 1. The van der Waals surface area contributed by atoms with Crippen LogP contribution in [-0.4, -0.2) is 119 Å². The summed E-state index contributed by atoms with van der Waals surface area (Å²) < 4.78 is 14.3. The fraction of sp³-hybridized carbons (Fsp3) is 0.528. The molecule has 46 heavy (non-hydrogen) atoms. The summed E-state index contributed by atoms with van der Waals surface area (Å²) in [4.78, 5) is 30.6. The Morgan fingerprint density at radius 1 is 0.826 bits per heavy atom. The van der Waals surface area contributed by atoms with Gasteiger partial charge in [-0.25, -0.2) is 9.78 Å². The fourth-order valence-electron chi connectivity index (χ4n) is 6.99. The van der Waals surface area contributed by atoms with E-state index in [1.165, 1.54) is 27.4 Å². The van der Waals surface area contributed by atoms with Gasteiger partial charge in [0.25, 0.3) is 0 Å². The molecule has 1 aromatic carbocycles. The summed E-state index contributed by atoms with van der Waals surface area (Å²) in [5, 5.41) is 2.41. The van der Waals surface area contributed by atoms with Crippen molar-refractivity contribution in [2.75, 3.05) is 70.3 Å². The Morgan fingerprint density at radius 2 is 1.54 bits per heavy atom. The second-order valence-electron chi connectivity index (χ2n) is 14.1. The molecule has 3 aliphatic rings. The predicted molar refractivity (Wildman–Crippen MR) is 182 cm³/mol. The summed E-state index contributed by atoms with van der Waals surface area (Å²) >= 11 is 0. The SMILES string of the molecule is Cn1c2ccncc2c2ccc(-c3ccc(N4CC(OC5CCN(CCN6CCN(C(=O)OC(C)(C)C)CC6)CC5)C4)nc3)cc21. The van der Waals surface area contributed by atoms with Gasteiger partial charge in [0.1, 0.15) is 11.4 Å². The molecule has 0 atom stereocenters. The van der Waals surface area contributed by atoms with Crippen molar-refractivity contribution >= 4 is 33.7 Å². The Bertz CT molecular complexity index is 1660. The van der Waals surface area contributed by atoms with E-state index < -0.39 is 5.60 Å². The van der Waals surface area contributed by atoms with Crippen LogP contribution in [0.3, 0.4) is 0 Å². The highest BCUT2D eigenvalue weighted by Crippen LogP contribution is 2.32. The van der Waals surface area contributed by atoms with Crippen molar-refractivity contribution < 1.29 is 14.3 Å². The first-order valence-electron chi connectivity index (χ1n) is 16.8. The molecule has 0 radical (unpaired) electrons. The van der Waals surface area contributed by atoms with Crippen molar-refractivity contribution in [1.82, 2.24) is 29.2 Å². The van der Waals surface area contributed by atoms with Gasteiger partial charge in [-0.1, -0.05) is 12.1 Å². The maximum Gasteiger partial charge on any atom is 0.410 e. The summed E-state index contributed by atoms with van der Waals surface area (Å²) in [6.07, 6.45) is 8.40. The van der Waals surface area contributed by atoms with Crippen LogP contribution < -0.4 is 4.90 Å². The number of carbonyl (C=O) groups is 1. The number of amides is 1. The number of aromatic nitrogens is 3. The quantitative estimate of drug-likeness (QED) is 0.284. The van der Waals surface area contributed by atoms with E-state index in [2.05, 4.69) is 67.7 Å². The number of anilines is 1. The van der Waals surface area contributed by atoms with Crippen molar-refractivity contribution in [3.63, 3.8) is 0 Å². The number of benzene rings is 1. The molecule has 4 aromatic rings. The third kappa shape index (κ3) is 6.70. The van der Waals surface area contributed by atoms with Crippen LogP contribution in [0.1, 0.15) is 33.6 Å². The molecule has 3 aromatic heterocycles. The smallest absolute Gasteiger partial charge is 0.410 e. The van der Waals surface area contributed by atoms with Crippen LogP contribution in [0.25, 0.3) is 32.9 Å². The van der Waals surface area contributed by atoms with Gasteiger partial charge in [0.2, 0.25) is 0 Å². The summed E-state index contributed by atoms with van der Waals surface area (Å²) in [5.41, 5.74) is 4.24. The molecule has 3 aliphatic heterocycles. The molecule has 0 saturated carbocycles. The van der Waals surface area contributed by atoms with Crippen LogP contribution in [0.5, 0.6) is 0 Å². The number of aryl methyl sites for hydroxylation is 1. The van der Waals surface area contributed by atoms with Crippen LogP contribution in [0, 0.1) is 0 Å². The lowest BCUT2D eigenvalue weighted by molar-refractivity contribution is -0.0536. The van der Waals surface area contributed by atoms with Crippen LogP contribution in [0.2, 0.25) is 0 Å². The highest BCUT2D eigenvalue weighted by Gasteiger charge is 2.32. The van der Waals surface area contributed by atoms with E-state index in [0.717, 1.165) is 89.7 Å². The van der Waals surface area contributed by atoms with Crippen molar-refractivity contribution in [2.24, 2.45) is 7.05 Å². The molecule has 0 bridgehead atoms. The highest BCUT2D eigenvalue weighted by atomic mass is 16.6. The average molecular weight is 626 g/mol. The Balaban J connectivity index is 0.822. The van der Waals surface area contributed by atoms with E-state index in [1.807, 2.05) is 44.3 Å². The Morgan fingerprint density at radius 3 is 2.24 bits per heavy atom. The van der Waals surface area contributed by atoms with Gasteiger partial charge in [0.05, 0.1) is 17.7 Å². The number of carbonyl (C=O) groups excluding carboxylic acids is 1. The van der Waals surface area contributed by atoms with Crippen LogP contribution in [0.15, 0.2) is 55.0 Å². The van der Waals surface area contributed by atoms with Crippen LogP contribution in [-0.2, 0) is 16.5 Å². The number of nitrogens with zero attached hydrogens (tertiary/aromatic N) is 7. The minimum absolute atomic E-state index is 0.192. The molecular weight excluding hydrogens is 578 g/mol. The molecule has 244 valence electrons. The van der Waals surface area contributed by atoms with E-state index >= 15 is 0 Å². The number of rotatable bonds is 7. The third-order valence-electron chi connectivity index (χ3n) is 9.74. The van der Waals surface area contributed by atoms with Crippen LogP contribution in [0.4, 0.5) is 10.6 Å². The van der Waals surface area contributed by atoms with E-state index in [4.69, 9.17) is 14.5 Å². The van der Waals surface area contributed by atoms with E-state index in [1.54, 1.807) is 0 Å². The standard InChI is InChI=1S/C36H47N7O3/c1-36(2,3)46-35(44)42-19-17-41(18-20-42)16-15-40-13-10-28(11-14-40)45-29-24-43(25-29)34-8-6-27(22-38-34)26-5-7-30-31-23-37-12-9-32(31)39(4)33(30)21-26/h5-9,12,21-23,28-29H,10-11,13-20,24-25H2,1-4H3. The predicted octanol–water partition coefficient (Wildman–Crippen LogP) is 5.01.